The Hall–Kier alpha value is -2.15. The number of hydrogen-bond acceptors (Lipinski definition) is 7. The Morgan fingerprint density at radius 2 is 1.84 bits per heavy atom. The number of sulfonamides is 1. The van der Waals surface area contributed by atoms with Crippen molar-refractivity contribution in [1.29, 1.82) is 0 Å². The summed E-state index contributed by atoms with van der Waals surface area (Å²) < 4.78 is 47.4. The lowest BCUT2D eigenvalue weighted by atomic mass is 10.2. The van der Waals surface area contributed by atoms with Crippen LogP contribution >= 0.6 is 23.7 Å². The summed E-state index contributed by atoms with van der Waals surface area (Å²) in [6.45, 7) is 7.79. The molecule has 1 atom stereocenters. The van der Waals surface area contributed by atoms with Gasteiger partial charge in [0, 0.05) is 38.9 Å². The number of hydrogen-bond donors (Lipinski definition) is 0. The average molecular weight is 585 g/mol. The predicted molar refractivity (Wildman–Crippen MR) is 152 cm³/mol. The fourth-order valence-electron chi connectivity index (χ4n) is 4.35. The van der Waals surface area contributed by atoms with E-state index in [0.717, 1.165) is 25.9 Å². The first-order valence-electron chi connectivity index (χ1n) is 12.5. The molecule has 1 aliphatic rings. The summed E-state index contributed by atoms with van der Waals surface area (Å²) in [5.41, 5.74) is 0.975. The Balaban J connectivity index is 0.00000400. The number of benzene rings is 2. The van der Waals surface area contributed by atoms with Crippen LogP contribution in [0.4, 0.5) is 9.52 Å². The highest BCUT2D eigenvalue weighted by Gasteiger charge is 2.27. The summed E-state index contributed by atoms with van der Waals surface area (Å²) in [6.07, 6.45) is 1.68. The van der Waals surface area contributed by atoms with Gasteiger partial charge in [-0.15, -0.1) is 12.4 Å². The second kappa shape index (κ2) is 13.3. The van der Waals surface area contributed by atoms with Crippen molar-refractivity contribution in [3.63, 3.8) is 0 Å². The standard InChI is InChI=1S/C26H33FN4O4S2.ClH/c1-4-30(5-2)14-15-31(26-28-23-13-10-20(27)17-24(23)36-26)25(32)19-8-11-22(12-9-19)37(33,34)29(3)18-21-7-6-16-35-21;/h8-13,17,21H,4-7,14-16,18H2,1-3H3;1H. The maximum atomic E-state index is 13.8. The molecule has 0 spiro atoms. The van der Waals surface area contributed by atoms with Gasteiger partial charge in [-0.1, -0.05) is 25.2 Å². The zero-order chi connectivity index (χ0) is 26.6. The zero-order valence-electron chi connectivity index (χ0n) is 21.8. The molecule has 208 valence electrons. The number of carbonyl (C=O) groups is 1. The van der Waals surface area contributed by atoms with Gasteiger partial charge >= 0.3 is 0 Å². The van der Waals surface area contributed by atoms with E-state index in [-0.39, 0.29) is 35.1 Å². The Morgan fingerprint density at radius 1 is 1.13 bits per heavy atom. The Bertz CT molecular complexity index is 1330. The molecule has 12 heteroatoms. The Kier molecular flexibility index (Phi) is 10.6. The summed E-state index contributed by atoms with van der Waals surface area (Å²) in [7, 11) is -2.17. The van der Waals surface area contributed by atoms with Crippen LogP contribution in [0.1, 0.15) is 37.0 Å². The molecule has 1 amide bonds. The second-order valence-corrected chi connectivity index (χ2v) is 12.1. The number of anilines is 1. The number of halogens is 2. The number of ether oxygens (including phenoxy) is 1. The SMILES string of the molecule is CCN(CC)CCN(C(=O)c1ccc(S(=O)(=O)N(C)CC2CCCO2)cc1)c1nc2ccc(F)cc2s1.Cl. The molecule has 0 bridgehead atoms. The molecule has 3 aromatic rings. The van der Waals surface area contributed by atoms with Gasteiger partial charge in [0.1, 0.15) is 5.82 Å². The molecule has 0 radical (unpaired) electrons. The van der Waals surface area contributed by atoms with Crippen LogP contribution in [0.15, 0.2) is 47.4 Å². The largest absolute Gasteiger partial charge is 0.377 e. The van der Waals surface area contributed by atoms with Crippen LogP contribution in [0.25, 0.3) is 10.2 Å². The number of carbonyl (C=O) groups excluding carboxylic acids is 1. The van der Waals surface area contributed by atoms with Crippen molar-refractivity contribution in [1.82, 2.24) is 14.2 Å². The summed E-state index contributed by atoms with van der Waals surface area (Å²) >= 11 is 1.26. The molecule has 38 heavy (non-hydrogen) atoms. The summed E-state index contributed by atoms with van der Waals surface area (Å²) in [5, 5.41) is 0.478. The third kappa shape index (κ3) is 6.88. The van der Waals surface area contributed by atoms with Crippen molar-refractivity contribution in [3.8, 4) is 0 Å². The van der Waals surface area contributed by atoms with Crippen LogP contribution in [-0.2, 0) is 14.8 Å². The van der Waals surface area contributed by atoms with Crippen molar-refractivity contribution in [2.45, 2.75) is 37.7 Å². The van der Waals surface area contributed by atoms with Gasteiger partial charge in [-0.05, 0) is 68.4 Å². The molecule has 8 nitrogen and oxygen atoms in total. The average Bonchev–Trinajstić information content (AvgIpc) is 3.56. The lowest BCUT2D eigenvalue weighted by Crippen LogP contribution is -2.39. The number of fused-ring (bicyclic) bond motifs is 1. The van der Waals surface area contributed by atoms with E-state index < -0.39 is 10.0 Å². The fraction of sp³-hybridized carbons (Fsp3) is 0.462. The summed E-state index contributed by atoms with van der Waals surface area (Å²) in [6, 6.07) is 10.4. The van der Waals surface area contributed by atoms with Gasteiger partial charge in [0.05, 0.1) is 21.2 Å². The first kappa shape index (κ1) is 30.4. The predicted octanol–water partition coefficient (Wildman–Crippen LogP) is 4.65. The van der Waals surface area contributed by atoms with Gasteiger partial charge in [0.25, 0.3) is 5.91 Å². The minimum absolute atomic E-state index is 0. The molecule has 2 heterocycles. The molecule has 2 aromatic carbocycles. The lowest BCUT2D eigenvalue weighted by Gasteiger charge is -2.25. The number of thiazole rings is 1. The molecule has 1 saturated heterocycles. The van der Waals surface area contributed by atoms with E-state index in [4.69, 9.17) is 4.74 Å². The van der Waals surface area contributed by atoms with Crippen molar-refractivity contribution < 1.29 is 22.3 Å². The van der Waals surface area contributed by atoms with E-state index in [1.54, 1.807) is 18.0 Å². The van der Waals surface area contributed by atoms with Crippen molar-refractivity contribution in [2.75, 3.05) is 51.3 Å². The highest BCUT2D eigenvalue weighted by molar-refractivity contribution is 7.89. The van der Waals surface area contributed by atoms with Gasteiger partial charge in [0.2, 0.25) is 10.0 Å². The van der Waals surface area contributed by atoms with E-state index in [2.05, 4.69) is 23.7 Å². The topological polar surface area (TPSA) is 83.1 Å². The number of nitrogens with zero attached hydrogens (tertiary/aromatic N) is 4. The maximum absolute atomic E-state index is 13.8. The van der Waals surface area contributed by atoms with E-state index in [0.29, 0.717) is 47.2 Å². The van der Waals surface area contributed by atoms with E-state index in [9.17, 15) is 17.6 Å². The molecule has 1 aliphatic heterocycles. The fourth-order valence-corrected chi connectivity index (χ4v) is 6.56. The maximum Gasteiger partial charge on any atom is 0.260 e. The first-order chi connectivity index (χ1) is 17.7. The lowest BCUT2D eigenvalue weighted by molar-refractivity contribution is 0.0978. The number of aromatic nitrogens is 1. The van der Waals surface area contributed by atoms with Gasteiger partial charge in [-0.3, -0.25) is 9.69 Å². The quantitative estimate of drug-likeness (QED) is 0.326. The van der Waals surface area contributed by atoms with Crippen LogP contribution in [0.3, 0.4) is 0 Å². The Morgan fingerprint density at radius 3 is 2.47 bits per heavy atom. The molecule has 0 N–H and O–H groups in total. The normalized spacial score (nSPS) is 15.8. The van der Waals surface area contributed by atoms with E-state index in [1.165, 1.54) is 52.0 Å². The van der Waals surface area contributed by atoms with Crippen LogP contribution in [0, 0.1) is 5.82 Å². The van der Waals surface area contributed by atoms with Crippen LogP contribution < -0.4 is 4.90 Å². The van der Waals surface area contributed by atoms with Crippen LogP contribution in [-0.4, -0.2) is 81.0 Å². The van der Waals surface area contributed by atoms with Crippen molar-refractivity contribution in [2.24, 2.45) is 0 Å². The molecule has 0 saturated carbocycles. The summed E-state index contributed by atoms with van der Waals surface area (Å²) in [4.78, 5) is 22.1. The molecular formula is C26H34ClFN4O4S2. The number of likely N-dealkylation sites (N-methyl/N-ethyl adjacent to an activating group) is 2. The highest BCUT2D eigenvalue weighted by Crippen LogP contribution is 2.30. The van der Waals surface area contributed by atoms with Gasteiger partial charge in [0.15, 0.2) is 5.13 Å². The minimum Gasteiger partial charge on any atom is -0.377 e. The van der Waals surface area contributed by atoms with E-state index in [1.807, 2.05) is 0 Å². The monoisotopic (exact) mass is 584 g/mol. The number of rotatable bonds is 11. The second-order valence-electron chi connectivity index (χ2n) is 9.04. The molecule has 4 rings (SSSR count). The van der Waals surface area contributed by atoms with Gasteiger partial charge in [-0.2, -0.15) is 4.31 Å². The minimum atomic E-state index is -3.72. The molecule has 0 aliphatic carbocycles. The molecule has 1 aromatic heterocycles. The van der Waals surface area contributed by atoms with Crippen LogP contribution in [0.2, 0.25) is 0 Å². The smallest absolute Gasteiger partial charge is 0.260 e. The van der Waals surface area contributed by atoms with Crippen LogP contribution in [0.5, 0.6) is 0 Å². The first-order valence-corrected chi connectivity index (χ1v) is 14.8. The third-order valence-electron chi connectivity index (χ3n) is 6.64. The Labute approximate surface area is 233 Å². The van der Waals surface area contributed by atoms with Gasteiger partial charge < -0.3 is 9.64 Å². The van der Waals surface area contributed by atoms with Crippen molar-refractivity contribution in [3.05, 3.63) is 53.8 Å². The third-order valence-corrected chi connectivity index (χ3v) is 9.52. The highest BCUT2D eigenvalue weighted by atomic mass is 35.5. The molecule has 1 unspecified atom stereocenters. The van der Waals surface area contributed by atoms with Crippen molar-refractivity contribution >= 4 is 55.0 Å². The number of amides is 1. The molecule has 1 fully saturated rings. The summed E-state index contributed by atoms with van der Waals surface area (Å²) in [5.74, 6) is -0.645. The van der Waals surface area contributed by atoms with Gasteiger partial charge in [-0.25, -0.2) is 17.8 Å². The zero-order valence-corrected chi connectivity index (χ0v) is 24.2. The molecular weight excluding hydrogens is 551 g/mol. The van der Waals surface area contributed by atoms with E-state index >= 15 is 0 Å².